The van der Waals surface area contributed by atoms with Crippen LogP contribution in [0.25, 0.3) is 11.6 Å². The molecule has 0 saturated heterocycles. The number of aromatic nitrogens is 3. The fourth-order valence-corrected chi connectivity index (χ4v) is 5.36. The van der Waals surface area contributed by atoms with E-state index < -0.39 is 89.2 Å². The van der Waals surface area contributed by atoms with E-state index in [0.29, 0.717) is 17.7 Å². The zero-order valence-corrected chi connectivity index (χ0v) is 34.8. The van der Waals surface area contributed by atoms with Gasteiger partial charge in [-0.2, -0.15) is 31.2 Å². The van der Waals surface area contributed by atoms with Crippen molar-refractivity contribution in [2.24, 2.45) is 0 Å². The third-order valence-electron chi connectivity index (χ3n) is 8.34. The van der Waals surface area contributed by atoms with E-state index in [0.717, 1.165) is 5.56 Å². The standard InChI is InChI=1S/C41H48F6N4O10/c1-25(57-22-27-16-18-28(55-8)19-17-27)13-12-20-56-24-39(41(45,46)47,58-23-26-14-10-9-11-15-26)34-50-49-33(59-34)31-30(21-29(32(52)48-31)40(42,43)44)51(35(53)60-37(2,3)4)36(54)61-38(5,6)7/h9-11,14-19,21,25H,12-13,20,22-24H2,1-8H3,(H,48,52)/t25-,39?/m0/s1. The summed E-state index contributed by atoms with van der Waals surface area (Å²) in [6, 6.07) is 15.1. The Bertz CT molecular complexity index is 2040. The first kappa shape index (κ1) is 48.2. The Hall–Kier alpha value is -5.47. The van der Waals surface area contributed by atoms with E-state index in [1.54, 1.807) is 44.4 Å². The van der Waals surface area contributed by atoms with Crippen LogP contribution in [0, 0.1) is 0 Å². The maximum Gasteiger partial charge on any atom is 0.428 e. The Labute approximate surface area is 348 Å². The van der Waals surface area contributed by atoms with Crippen LogP contribution in [-0.4, -0.2) is 76.3 Å². The highest BCUT2D eigenvalue weighted by atomic mass is 19.4. The molecule has 1 N–H and O–H groups in total. The van der Waals surface area contributed by atoms with E-state index in [1.165, 1.54) is 53.7 Å². The summed E-state index contributed by atoms with van der Waals surface area (Å²) in [7, 11) is 1.55. The van der Waals surface area contributed by atoms with Crippen molar-refractivity contribution in [1.82, 2.24) is 15.2 Å². The molecule has 2 aromatic heterocycles. The molecule has 4 rings (SSSR count). The second-order valence-corrected chi connectivity index (χ2v) is 15.7. The molecule has 14 nitrogen and oxygen atoms in total. The number of aromatic hydroxyl groups is 1. The Balaban J connectivity index is 1.73. The smallest absolute Gasteiger partial charge is 0.428 e. The number of pyridine rings is 1. The molecule has 20 heteroatoms. The fraction of sp³-hybridized carbons (Fsp3) is 0.488. The van der Waals surface area contributed by atoms with Gasteiger partial charge in [-0.05, 0) is 90.6 Å². The Morgan fingerprint density at radius 1 is 0.836 bits per heavy atom. The van der Waals surface area contributed by atoms with Gasteiger partial charge in [0.2, 0.25) is 5.88 Å². The van der Waals surface area contributed by atoms with Gasteiger partial charge in [0, 0.05) is 6.61 Å². The number of imide groups is 1. The highest BCUT2D eigenvalue weighted by Gasteiger charge is 2.62. The van der Waals surface area contributed by atoms with E-state index in [9.17, 15) is 27.9 Å². The van der Waals surface area contributed by atoms with Gasteiger partial charge in [0.25, 0.3) is 17.4 Å². The van der Waals surface area contributed by atoms with Crippen molar-refractivity contribution in [3.8, 4) is 23.2 Å². The highest BCUT2D eigenvalue weighted by Crippen LogP contribution is 2.46. The quantitative estimate of drug-likeness (QED) is 0.0836. The van der Waals surface area contributed by atoms with Crippen LogP contribution in [0.4, 0.5) is 41.6 Å². The van der Waals surface area contributed by atoms with Crippen molar-refractivity contribution in [3.63, 3.8) is 0 Å². The van der Waals surface area contributed by atoms with E-state index in [-0.39, 0.29) is 36.7 Å². The maximum absolute atomic E-state index is 15.4. The van der Waals surface area contributed by atoms with Gasteiger partial charge in [-0.3, -0.25) is 0 Å². The molecular formula is C41H48F6N4O10. The third kappa shape index (κ3) is 13.3. The summed E-state index contributed by atoms with van der Waals surface area (Å²) >= 11 is 0. The van der Waals surface area contributed by atoms with E-state index in [2.05, 4.69) is 15.2 Å². The lowest BCUT2D eigenvalue weighted by Crippen LogP contribution is -2.49. The Morgan fingerprint density at radius 3 is 1.97 bits per heavy atom. The van der Waals surface area contributed by atoms with Gasteiger partial charge in [-0.15, -0.1) is 10.2 Å². The Morgan fingerprint density at radius 2 is 1.43 bits per heavy atom. The lowest BCUT2D eigenvalue weighted by molar-refractivity contribution is -0.311. The molecule has 0 bridgehead atoms. The predicted octanol–water partition coefficient (Wildman–Crippen LogP) is 9.92. The molecule has 0 aliphatic rings. The molecule has 0 spiro atoms. The number of rotatable bonds is 16. The van der Waals surface area contributed by atoms with Gasteiger partial charge >= 0.3 is 24.5 Å². The molecule has 0 fully saturated rings. The predicted molar refractivity (Wildman–Crippen MR) is 205 cm³/mol. The van der Waals surface area contributed by atoms with Gasteiger partial charge in [0.15, 0.2) is 5.69 Å². The van der Waals surface area contributed by atoms with E-state index >= 15 is 13.2 Å². The molecule has 1 unspecified atom stereocenters. The van der Waals surface area contributed by atoms with Crippen molar-refractivity contribution in [2.45, 2.75) is 110 Å². The molecule has 2 heterocycles. The summed E-state index contributed by atoms with van der Waals surface area (Å²) in [6.45, 7) is 8.31. The van der Waals surface area contributed by atoms with Crippen molar-refractivity contribution in [1.29, 1.82) is 0 Å². The number of carbonyl (C=O) groups is 2. The molecule has 0 saturated carbocycles. The summed E-state index contributed by atoms with van der Waals surface area (Å²) in [6.07, 6.45) is -13.5. The number of ether oxygens (including phenoxy) is 6. The van der Waals surface area contributed by atoms with Crippen molar-refractivity contribution in [2.75, 3.05) is 25.2 Å². The van der Waals surface area contributed by atoms with Gasteiger partial charge in [-0.25, -0.2) is 14.6 Å². The summed E-state index contributed by atoms with van der Waals surface area (Å²) < 4.78 is 127. The molecule has 0 aliphatic heterocycles. The summed E-state index contributed by atoms with van der Waals surface area (Å²) in [5.41, 5.74) is -8.95. The zero-order valence-electron chi connectivity index (χ0n) is 34.8. The first-order valence-electron chi connectivity index (χ1n) is 18.8. The highest BCUT2D eigenvalue weighted by molar-refractivity contribution is 6.11. The van der Waals surface area contributed by atoms with Crippen molar-refractivity contribution >= 4 is 17.9 Å². The number of halogens is 6. The van der Waals surface area contributed by atoms with Crippen LogP contribution >= 0.6 is 0 Å². The topological polar surface area (TPSA) is 165 Å². The molecular weight excluding hydrogens is 822 g/mol. The number of benzene rings is 2. The third-order valence-corrected chi connectivity index (χ3v) is 8.34. The van der Waals surface area contributed by atoms with Gasteiger partial charge in [0.05, 0.1) is 38.7 Å². The maximum atomic E-state index is 15.4. The summed E-state index contributed by atoms with van der Waals surface area (Å²) in [4.78, 5) is 30.6. The van der Waals surface area contributed by atoms with Crippen LogP contribution in [0.2, 0.25) is 0 Å². The second kappa shape index (κ2) is 19.5. The largest absolute Gasteiger partial charge is 0.497 e. The minimum atomic E-state index is -5.35. The number of alkyl halides is 6. The lowest BCUT2D eigenvalue weighted by Gasteiger charge is -2.32. The average Bonchev–Trinajstić information content (AvgIpc) is 3.64. The zero-order chi connectivity index (χ0) is 45.4. The van der Waals surface area contributed by atoms with Crippen LogP contribution in [0.3, 0.4) is 0 Å². The van der Waals surface area contributed by atoms with E-state index in [1.807, 2.05) is 12.1 Å². The summed E-state index contributed by atoms with van der Waals surface area (Å²) in [5.74, 6) is -3.37. The van der Waals surface area contributed by atoms with Gasteiger partial charge < -0.3 is 37.9 Å². The van der Waals surface area contributed by atoms with Crippen LogP contribution in [0.1, 0.15) is 83.9 Å². The molecule has 2 amide bonds. The van der Waals surface area contributed by atoms with Crippen LogP contribution in [0.15, 0.2) is 65.1 Å². The molecule has 0 aliphatic carbocycles. The van der Waals surface area contributed by atoms with Crippen LogP contribution in [-0.2, 0) is 48.7 Å². The number of hydrogen-bond acceptors (Lipinski definition) is 13. The average molecular weight is 871 g/mol. The van der Waals surface area contributed by atoms with Crippen LogP contribution in [0.5, 0.6) is 11.6 Å². The normalized spacial score (nSPS) is 13.9. The SMILES string of the molecule is COc1ccc(CO[C@@H](C)CCCOCC(OCc2ccccc2)(c2nnc(-c3nc(O)c(C(F)(F)F)cc3N(C(=O)OC(C)(C)C)C(=O)OC(C)(C)C)o2)C(F)(F)F)cc1. The Kier molecular flexibility index (Phi) is 15.4. The van der Waals surface area contributed by atoms with E-state index in [4.69, 9.17) is 32.8 Å². The minimum absolute atomic E-state index is 0.0190. The molecule has 61 heavy (non-hydrogen) atoms. The minimum Gasteiger partial charge on any atom is -0.497 e. The second-order valence-electron chi connectivity index (χ2n) is 15.7. The first-order chi connectivity index (χ1) is 28.3. The number of methoxy groups -OCH3 is 1. The van der Waals surface area contributed by atoms with Crippen molar-refractivity contribution < 1.29 is 73.9 Å². The molecule has 2 aromatic carbocycles. The molecule has 0 radical (unpaired) electrons. The van der Waals surface area contributed by atoms with Crippen molar-refractivity contribution in [3.05, 3.63) is 83.2 Å². The molecule has 2 atom stereocenters. The lowest BCUT2D eigenvalue weighted by atomic mass is 10.0. The monoisotopic (exact) mass is 870 g/mol. The number of carbonyl (C=O) groups excluding carboxylic acids is 2. The molecule has 334 valence electrons. The number of amides is 2. The number of nitrogens with zero attached hydrogens (tertiary/aromatic N) is 4. The van der Waals surface area contributed by atoms with Gasteiger partial charge in [-0.1, -0.05) is 42.5 Å². The summed E-state index contributed by atoms with van der Waals surface area (Å²) in [5, 5.41) is 17.7. The first-order valence-corrected chi connectivity index (χ1v) is 18.8. The van der Waals surface area contributed by atoms with Crippen LogP contribution < -0.4 is 9.64 Å². The number of hydrogen-bond donors (Lipinski definition) is 1. The molecule has 4 aromatic rings. The fourth-order valence-electron chi connectivity index (χ4n) is 5.36. The number of anilines is 1. The van der Waals surface area contributed by atoms with Gasteiger partial charge in [0.1, 0.15) is 22.5 Å².